The summed E-state index contributed by atoms with van der Waals surface area (Å²) < 4.78 is 6.91. The van der Waals surface area contributed by atoms with Crippen LogP contribution in [0.3, 0.4) is 0 Å². The first kappa shape index (κ1) is 43.0. The maximum Gasteiger partial charge on any atom is 0.160 e. The number of aromatic nitrogens is 5. The minimum Gasteiger partial charge on any atom is -0.309 e. The molecule has 0 fully saturated rings. The molecule has 0 bridgehead atoms. The van der Waals surface area contributed by atoms with Gasteiger partial charge in [-0.05, 0) is 120 Å². The molecule has 8 nitrogen and oxygen atoms in total. The predicted molar refractivity (Wildman–Crippen MR) is 301 cm³/mol. The van der Waals surface area contributed by atoms with E-state index >= 15 is 0 Å². The Kier molecular flexibility index (Phi) is 9.85. The van der Waals surface area contributed by atoms with E-state index in [1.54, 1.807) is 0 Å². The molecule has 0 aliphatic rings. The maximum absolute atomic E-state index is 10.7. The quantitative estimate of drug-likeness (QED) is 0.158. The van der Waals surface area contributed by atoms with Crippen LogP contribution in [0.1, 0.15) is 16.7 Å². The summed E-state index contributed by atoms with van der Waals surface area (Å²) in [5, 5.41) is 36.8. The van der Waals surface area contributed by atoms with Gasteiger partial charge in [0.05, 0.1) is 79.4 Å². The summed E-state index contributed by atoms with van der Waals surface area (Å²) in [6.45, 7) is 0. The summed E-state index contributed by atoms with van der Waals surface area (Å²) in [6, 6.07) is 85.6. The average molecular weight is 955 g/mol. The summed E-state index contributed by atoms with van der Waals surface area (Å²) in [5.74, 6) is 0.594. The van der Waals surface area contributed by atoms with E-state index in [9.17, 15) is 15.8 Å². The van der Waals surface area contributed by atoms with Crippen LogP contribution in [-0.2, 0) is 0 Å². The van der Waals surface area contributed by atoms with Crippen molar-refractivity contribution in [3.8, 4) is 80.3 Å². The fourth-order valence-corrected chi connectivity index (χ4v) is 11.1. The van der Waals surface area contributed by atoms with E-state index in [4.69, 9.17) is 9.97 Å². The zero-order chi connectivity index (χ0) is 50.1. The van der Waals surface area contributed by atoms with Gasteiger partial charge in [-0.2, -0.15) is 15.8 Å². The van der Waals surface area contributed by atoms with Crippen molar-refractivity contribution in [2.75, 3.05) is 0 Å². The third-order valence-electron chi connectivity index (χ3n) is 14.6. The van der Waals surface area contributed by atoms with Crippen molar-refractivity contribution in [2.24, 2.45) is 0 Å². The van der Waals surface area contributed by atoms with Crippen molar-refractivity contribution in [2.45, 2.75) is 0 Å². The van der Waals surface area contributed by atoms with Crippen LogP contribution in [0.5, 0.6) is 0 Å². The summed E-state index contributed by atoms with van der Waals surface area (Å²) in [6.07, 6.45) is 0. The fraction of sp³-hybridized carbons (Fsp3) is 0. The number of fused-ring (bicyclic) bond motifs is 9. The molecule has 0 N–H and O–H groups in total. The average Bonchev–Trinajstić information content (AvgIpc) is 4.12. The van der Waals surface area contributed by atoms with E-state index < -0.39 is 0 Å². The molecule has 4 aromatic heterocycles. The van der Waals surface area contributed by atoms with Crippen molar-refractivity contribution in [1.29, 1.82) is 15.8 Å². The molecule has 0 unspecified atom stereocenters. The third kappa shape index (κ3) is 6.96. The molecule has 8 heteroatoms. The summed E-state index contributed by atoms with van der Waals surface area (Å²) in [5.41, 5.74) is 17.0. The van der Waals surface area contributed by atoms with Gasteiger partial charge in [0.15, 0.2) is 5.82 Å². The highest BCUT2D eigenvalue weighted by molar-refractivity contribution is 6.14. The van der Waals surface area contributed by atoms with Gasteiger partial charge < -0.3 is 13.7 Å². The van der Waals surface area contributed by atoms with Gasteiger partial charge in [0.25, 0.3) is 0 Å². The number of para-hydroxylation sites is 2. The lowest BCUT2D eigenvalue weighted by Gasteiger charge is -2.13. The number of nitriles is 3. The highest BCUT2D eigenvalue weighted by Crippen LogP contribution is 2.41. The third-order valence-corrected chi connectivity index (χ3v) is 14.6. The second kappa shape index (κ2) is 17.2. The van der Waals surface area contributed by atoms with Crippen molar-refractivity contribution >= 4 is 65.4 Å². The molecule has 0 amide bonds. The molecular weight excluding hydrogens is 917 g/mol. The van der Waals surface area contributed by atoms with Crippen LogP contribution in [0.4, 0.5) is 0 Å². The number of hydrogen-bond donors (Lipinski definition) is 0. The maximum atomic E-state index is 10.7. The van der Waals surface area contributed by atoms with Gasteiger partial charge in [-0.3, -0.25) is 0 Å². The molecule has 0 aliphatic carbocycles. The smallest absolute Gasteiger partial charge is 0.160 e. The van der Waals surface area contributed by atoms with Crippen LogP contribution in [0.25, 0.3) is 128 Å². The molecule has 75 heavy (non-hydrogen) atoms. The number of rotatable bonds is 7. The normalized spacial score (nSPS) is 11.4. The molecule has 14 rings (SSSR count). The molecule has 0 saturated carbocycles. The second-order valence-corrected chi connectivity index (χ2v) is 18.7. The molecule has 0 aliphatic heterocycles. The zero-order valence-corrected chi connectivity index (χ0v) is 40.0. The Morgan fingerprint density at radius 3 is 1.28 bits per heavy atom. The first-order valence-electron chi connectivity index (χ1n) is 24.6. The highest BCUT2D eigenvalue weighted by Gasteiger charge is 2.21. The van der Waals surface area contributed by atoms with Gasteiger partial charge in [0.2, 0.25) is 0 Å². The van der Waals surface area contributed by atoms with E-state index in [2.05, 4.69) is 135 Å². The van der Waals surface area contributed by atoms with Crippen LogP contribution >= 0.6 is 0 Å². The van der Waals surface area contributed by atoms with Gasteiger partial charge in [0, 0.05) is 66.1 Å². The molecule has 0 atom stereocenters. The minimum atomic E-state index is 0.518. The highest BCUT2D eigenvalue weighted by atomic mass is 15.0. The lowest BCUT2D eigenvalue weighted by molar-refractivity contribution is 1.16. The lowest BCUT2D eigenvalue weighted by atomic mass is 9.97. The predicted octanol–water partition coefficient (Wildman–Crippen LogP) is 16.1. The van der Waals surface area contributed by atoms with E-state index in [0.29, 0.717) is 28.2 Å². The lowest BCUT2D eigenvalue weighted by Crippen LogP contribution is -1.97. The van der Waals surface area contributed by atoms with Gasteiger partial charge in [-0.25, -0.2) is 9.97 Å². The van der Waals surface area contributed by atoms with Crippen LogP contribution in [0.15, 0.2) is 231 Å². The zero-order valence-electron chi connectivity index (χ0n) is 40.0. The van der Waals surface area contributed by atoms with Gasteiger partial charge in [-0.1, -0.05) is 121 Å². The number of benzene rings is 10. The Morgan fingerprint density at radius 2 is 0.733 bits per heavy atom. The molecule has 0 saturated heterocycles. The Bertz CT molecular complexity index is 4540. The molecule has 14 aromatic rings. The van der Waals surface area contributed by atoms with E-state index in [1.807, 2.05) is 127 Å². The Balaban J connectivity index is 0.916. The van der Waals surface area contributed by atoms with Gasteiger partial charge >= 0.3 is 0 Å². The van der Waals surface area contributed by atoms with Crippen molar-refractivity contribution in [3.05, 3.63) is 247 Å². The largest absolute Gasteiger partial charge is 0.309 e. The first-order valence-corrected chi connectivity index (χ1v) is 24.6. The van der Waals surface area contributed by atoms with E-state index in [1.165, 1.54) is 0 Å². The monoisotopic (exact) mass is 954 g/mol. The minimum absolute atomic E-state index is 0.518. The van der Waals surface area contributed by atoms with E-state index in [-0.39, 0.29) is 0 Å². The molecule has 0 radical (unpaired) electrons. The van der Waals surface area contributed by atoms with Crippen LogP contribution in [-0.4, -0.2) is 23.7 Å². The first-order chi connectivity index (χ1) is 37.0. The van der Waals surface area contributed by atoms with Gasteiger partial charge in [0.1, 0.15) is 0 Å². The van der Waals surface area contributed by atoms with Crippen molar-refractivity contribution < 1.29 is 0 Å². The van der Waals surface area contributed by atoms with Crippen LogP contribution < -0.4 is 0 Å². The Labute approximate surface area is 430 Å². The van der Waals surface area contributed by atoms with Gasteiger partial charge in [-0.15, -0.1) is 0 Å². The second-order valence-electron chi connectivity index (χ2n) is 18.7. The van der Waals surface area contributed by atoms with Crippen LogP contribution in [0.2, 0.25) is 0 Å². The SMILES string of the molecule is N#Cc1ccc2c(c1)c1ccccc1n2-c1ccc2c(c1)c1cc(-n3c4ccccc4c4cc(C#N)ccc43)ccc1n2-c1ccc(-c2ccc(-c3cc(-c4ccccc4)nc(-c4ccccc4)n3)c(C#N)c2)cc1. The van der Waals surface area contributed by atoms with Crippen molar-refractivity contribution in [1.82, 2.24) is 23.7 Å². The van der Waals surface area contributed by atoms with Crippen molar-refractivity contribution in [3.63, 3.8) is 0 Å². The van der Waals surface area contributed by atoms with E-state index in [0.717, 1.165) is 116 Å². The summed E-state index contributed by atoms with van der Waals surface area (Å²) in [4.78, 5) is 9.97. The summed E-state index contributed by atoms with van der Waals surface area (Å²) >= 11 is 0. The van der Waals surface area contributed by atoms with Crippen LogP contribution in [0, 0.1) is 34.0 Å². The topological polar surface area (TPSA) is 112 Å². The number of nitrogens with zero attached hydrogens (tertiary/aromatic N) is 8. The standard InChI is InChI=1S/C67H38N8/c68-39-42-19-29-63-55(33-42)53-15-7-9-17-61(53)74(63)50-26-31-65-57(36-50)58-37-51(75-62-18-10-8-16-54(62)56-34-43(40-69)20-30-64(56)75)27-32-66(58)73(65)49-24-21-44(22-25-49)47-23-28-52(48(35-47)41-70)60-38-59(45-11-3-1-4-12-45)71-67(72-60)46-13-5-2-6-14-46/h1-38H. The molecule has 4 heterocycles. The molecule has 10 aromatic carbocycles. The molecule has 0 spiro atoms. The molecule has 346 valence electrons. The molecular formula is C67H38N8. The summed E-state index contributed by atoms with van der Waals surface area (Å²) in [7, 11) is 0. The Morgan fingerprint density at radius 1 is 0.293 bits per heavy atom. The Hall–Kier alpha value is -10.9. The fourth-order valence-electron chi connectivity index (χ4n) is 11.1. The number of hydrogen-bond acceptors (Lipinski definition) is 5.